The smallest absolute Gasteiger partial charge is 0.410 e. The Bertz CT molecular complexity index is 493. The second kappa shape index (κ2) is 9.15. The van der Waals surface area contributed by atoms with Crippen LogP contribution in [-0.4, -0.2) is 56.3 Å². The topological polar surface area (TPSA) is 65.1 Å². The highest BCUT2D eigenvalue weighted by Crippen LogP contribution is 2.11. The molecule has 6 heteroatoms. The van der Waals surface area contributed by atoms with Gasteiger partial charge < -0.3 is 19.1 Å². The first kappa shape index (κ1) is 19.0. The van der Waals surface area contributed by atoms with Gasteiger partial charge in [0.2, 0.25) is 0 Å². The van der Waals surface area contributed by atoms with Gasteiger partial charge in [-0.1, -0.05) is 0 Å². The molecule has 0 atom stereocenters. The lowest BCUT2D eigenvalue weighted by Crippen LogP contribution is -2.36. The molecule has 1 aromatic rings. The first-order valence-electron chi connectivity index (χ1n) is 7.52. The molecule has 0 aromatic heterocycles. The van der Waals surface area contributed by atoms with Crippen molar-refractivity contribution in [3.8, 4) is 5.75 Å². The quantitative estimate of drug-likeness (QED) is 0.544. The molecule has 0 aliphatic heterocycles. The van der Waals surface area contributed by atoms with Gasteiger partial charge in [-0.05, 0) is 45.0 Å². The first-order valence-corrected chi connectivity index (χ1v) is 7.52. The molecule has 0 heterocycles. The number of benzene rings is 1. The van der Waals surface area contributed by atoms with Crippen molar-refractivity contribution < 1.29 is 23.8 Å². The minimum atomic E-state index is -0.501. The Morgan fingerprint density at radius 2 is 1.78 bits per heavy atom. The molecule has 128 valence electrons. The van der Waals surface area contributed by atoms with E-state index in [1.807, 2.05) is 20.8 Å². The maximum absolute atomic E-state index is 11.7. The predicted molar refractivity (Wildman–Crippen MR) is 87.0 cm³/mol. The van der Waals surface area contributed by atoms with E-state index in [1.54, 1.807) is 31.3 Å². The van der Waals surface area contributed by atoms with E-state index in [0.29, 0.717) is 37.7 Å². The molecule has 0 saturated carbocycles. The normalized spacial score (nSPS) is 11.0. The minimum Gasteiger partial charge on any atom is -0.491 e. The van der Waals surface area contributed by atoms with Crippen LogP contribution in [0.1, 0.15) is 31.1 Å². The predicted octanol–water partition coefficient (Wildman–Crippen LogP) is 2.76. The average Bonchev–Trinajstić information content (AvgIpc) is 2.49. The van der Waals surface area contributed by atoms with Gasteiger partial charge >= 0.3 is 6.09 Å². The molecule has 23 heavy (non-hydrogen) atoms. The van der Waals surface area contributed by atoms with E-state index in [4.69, 9.17) is 14.2 Å². The second-order valence-electron chi connectivity index (χ2n) is 6.05. The summed E-state index contributed by atoms with van der Waals surface area (Å²) in [6, 6.07) is 6.86. The van der Waals surface area contributed by atoms with E-state index in [-0.39, 0.29) is 6.09 Å². The van der Waals surface area contributed by atoms with Crippen LogP contribution in [0.5, 0.6) is 5.75 Å². The number of hydrogen-bond acceptors (Lipinski definition) is 5. The number of amides is 1. The van der Waals surface area contributed by atoms with Gasteiger partial charge in [0.15, 0.2) is 0 Å². The summed E-state index contributed by atoms with van der Waals surface area (Å²) >= 11 is 0. The molecule has 0 aliphatic carbocycles. The molecule has 1 aromatic carbocycles. The van der Waals surface area contributed by atoms with Crippen molar-refractivity contribution >= 4 is 12.4 Å². The van der Waals surface area contributed by atoms with Crippen molar-refractivity contribution in [1.29, 1.82) is 0 Å². The number of ether oxygens (including phenoxy) is 3. The van der Waals surface area contributed by atoms with Gasteiger partial charge in [-0.25, -0.2) is 4.79 Å². The van der Waals surface area contributed by atoms with E-state index < -0.39 is 5.60 Å². The number of aldehydes is 1. The zero-order valence-electron chi connectivity index (χ0n) is 14.2. The second-order valence-corrected chi connectivity index (χ2v) is 6.05. The monoisotopic (exact) mass is 323 g/mol. The molecular weight excluding hydrogens is 298 g/mol. The Kier molecular flexibility index (Phi) is 7.54. The summed E-state index contributed by atoms with van der Waals surface area (Å²) in [5.41, 5.74) is 0.109. The van der Waals surface area contributed by atoms with Crippen molar-refractivity contribution in [3.63, 3.8) is 0 Å². The zero-order valence-corrected chi connectivity index (χ0v) is 14.2. The van der Waals surface area contributed by atoms with Crippen LogP contribution in [0.3, 0.4) is 0 Å². The number of likely N-dealkylation sites (N-methyl/N-ethyl adjacent to an activating group) is 1. The summed E-state index contributed by atoms with van der Waals surface area (Å²) in [5, 5.41) is 0. The van der Waals surface area contributed by atoms with E-state index in [1.165, 1.54) is 4.90 Å². The van der Waals surface area contributed by atoms with Gasteiger partial charge in [0, 0.05) is 19.2 Å². The van der Waals surface area contributed by atoms with Crippen LogP contribution in [0.4, 0.5) is 4.79 Å². The minimum absolute atomic E-state index is 0.368. The lowest BCUT2D eigenvalue weighted by Gasteiger charge is -2.24. The Morgan fingerprint density at radius 3 is 2.35 bits per heavy atom. The lowest BCUT2D eigenvalue weighted by atomic mass is 10.2. The highest BCUT2D eigenvalue weighted by atomic mass is 16.6. The van der Waals surface area contributed by atoms with Gasteiger partial charge in [0.25, 0.3) is 0 Å². The summed E-state index contributed by atoms with van der Waals surface area (Å²) in [4.78, 5) is 23.7. The molecule has 0 saturated heterocycles. The Balaban J connectivity index is 2.12. The Labute approximate surface area is 137 Å². The van der Waals surface area contributed by atoms with Crippen LogP contribution in [0.15, 0.2) is 24.3 Å². The average molecular weight is 323 g/mol. The molecule has 0 unspecified atom stereocenters. The summed E-state index contributed by atoms with van der Waals surface area (Å²) < 4.78 is 16.1. The van der Waals surface area contributed by atoms with Crippen LogP contribution >= 0.6 is 0 Å². The molecule has 0 N–H and O–H groups in total. The molecular formula is C17H25NO5. The van der Waals surface area contributed by atoms with Gasteiger partial charge in [-0.3, -0.25) is 4.79 Å². The van der Waals surface area contributed by atoms with Crippen molar-refractivity contribution in [1.82, 2.24) is 4.90 Å². The highest BCUT2D eigenvalue weighted by Gasteiger charge is 2.19. The summed E-state index contributed by atoms with van der Waals surface area (Å²) in [6.45, 7) is 7.15. The SMILES string of the molecule is CN(CCOCCOc1ccc(C=O)cc1)C(=O)OC(C)(C)C. The number of carbonyl (C=O) groups is 2. The number of hydrogen-bond donors (Lipinski definition) is 0. The first-order chi connectivity index (χ1) is 10.8. The fourth-order valence-electron chi connectivity index (χ4n) is 1.60. The van der Waals surface area contributed by atoms with Crippen LogP contribution < -0.4 is 4.74 Å². The Hall–Kier alpha value is -2.08. The van der Waals surface area contributed by atoms with Crippen molar-refractivity contribution in [2.24, 2.45) is 0 Å². The van der Waals surface area contributed by atoms with Crippen molar-refractivity contribution in [2.45, 2.75) is 26.4 Å². The van der Waals surface area contributed by atoms with Crippen LogP contribution in [0.2, 0.25) is 0 Å². The Morgan fingerprint density at radius 1 is 1.13 bits per heavy atom. The van der Waals surface area contributed by atoms with Gasteiger partial charge in [-0.2, -0.15) is 0 Å². The highest BCUT2D eigenvalue weighted by molar-refractivity contribution is 5.74. The van der Waals surface area contributed by atoms with Crippen molar-refractivity contribution in [2.75, 3.05) is 33.4 Å². The molecule has 0 aliphatic rings. The van der Waals surface area contributed by atoms with E-state index >= 15 is 0 Å². The zero-order chi connectivity index (χ0) is 17.3. The van der Waals surface area contributed by atoms with Crippen molar-refractivity contribution in [3.05, 3.63) is 29.8 Å². The number of rotatable bonds is 8. The lowest BCUT2D eigenvalue weighted by molar-refractivity contribution is 0.0216. The fraction of sp³-hybridized carbons (Fsp3) is 0.529. The van der Waals surface area contributed by atoms with E-state index in [0.717, 1.165) is 6.29 Å². The standard InChI is InChI=1S/C17H25NO5/c1-17(2,3)23-16(20)18(4)9-10-21-11-12-22-15-7-5-14(13-19)6-8-15/h5-8,13H,9-12H2,1-4H3. The molecule has 6 nitrogen and oxygen atoms in total. The fourth-order valence-corrected chi connectivity index (χ4v) is 1.60. The third-order valence-electron chi connectivity index (χ3n) is 2.79. The molecule has 0 radical (unpaired) electrons. The van der Waals surface area contributed by atoms with Crippen LogP contribution in [0, 0.1) is 0 Å². The maximum atomic E-state index is 11.7. The third kappa shape index (κ3) is 8.21. The molecule has 1 rings (SSSR count). The van der Waals surface area contributed by atoms with Gasteiger partial charge in [-0.15, -0.1) is 0 Å². The molecule has 1 amide bonds. The number of nitrogens with zero attached hydrogens (tertiary/aromatic N) is 1. The van der Waals surface area contributed by atoms with Gasteiger partial charge in [0.05, 0.1) is 13.2 Å². The maximum Gasteiger partial charge on any atom is 0.410 e. The number of carbonyl (C=O) groups excluding carboxylic acids is 2. The molecule has 0 fully saturated rings. The summed E-state index contributed by atoms with van der Waals surface area (Å²) in [6.07, 6.45) is 0.418. The van der Waals surface area contributed by atoms with Crippen LogP contribution in [0.25, 0.3) is 0 Å². The summed E-state index contributed by atoms with van der Waals surface area (Å²) in [5.74, 6) is 0.685. The third-order valence-corrected chi connectivity index (χ3v) is 2.79. The van der Waals surface area contributed by atoms with Crippen LogP contribution in [-0.2, 0) is 9.47 Å². The summed E-state index contributed by atoms with van der Waals surface area (Å²) in [7, 11) is 1.67. The molecule has 0 spiro atoms. The van der Waals surface area contributed by atoms with E-state index in [9.17, 15) is 9.59 Å². The molecule has 0 bridgehead atoms. The van der Waals surface area contributed by atoms with E-state index in [2.05, 4.69) is 0 Å². The van der Waals surface area contributed by atoms with Gasteiger partial charge in [0.1, 0.15) is 24.2 Å². The largest absolute Gasteiger partial charge is 0.491 e.